The zero-order chi connectivity index (χ0) is 40.1. The summed E-state index contributed by atoms with van der Waals surface area (Å²) in [6.07, 6.45) is 4.77. The van der Waals surface area contributed by atoms with Crippen molar-refractivity contribution < 1.29 is 44.6 Å². The standard InChI is InChI=1S/C10H11N3O4.C8H8N2.C7H6N2O4.C5H13NO2.3ClH.Ti/c1-11(2)7-6-8-9(12(14)15)4-3-5-10(8)13(16)17;9-7-2-1-3-8-6(7)4-5-10-8;1-5-6(8(10)11)3-2-4-7(5)9(12)13;1-6(2)5(3-7)4-8;;;;/h3-7H,1-2H3;1-5,10H,9H2;2-4H,1H3;5,7-8H,3-4H2,1-2H3;3*1H;/q;;;;;;;+3/p-3/b7-6+;;;;;;;. The first-order valence-corrected chi connectivity index (χ1v) is 20.9. The van der Waals surface area contributed by atoms with Crippen LogP contribution >= 0.6 is 27.9 Å². The molecule has 1 heterocycles. The van der Waals surface area contributed by atoms with E-state index in [1.165, 1.54) is 55.6 Å². The van der Waals surface area contributed by atoms with Gasteiger partial charge in [0, 0.05) is 61.1 Å². The number of benzene rings is 3. The number of halogens is 3. The minimum absolute atomic E-state index is 0.00352. The Labute approximate surface area is 316 Å². The molecule has 0 amide bonds. The maximum atomic E-state index is 10.8. The summed E-state index contributed by atoms with van der Waals surface area (Å²) in [5.74, 6) is 0. The number of nitrogens with zero attached hydrogens (tertiary/aromatic N) is 6. The number of nitro groups is 4. The molecule has 0 fully saturated rings. The molecule has 5 N–H and O–H groups in total. The number of hydrogen-bond acceptors (Lipinski definition) is 13. The maximum absolute atomic E-state index is 10.8. The van der Waals surface area contributed by atoms with E-state index in [-0.39, 0.29) is 53.1 Å². The molecule has 0 aliphatic rings. The zero-order valence-electron chi connectivity index (χ0n) is 28.6. The van der Waals surface area contributed by atoms with Crippen LogP contribution in [0.25, 0.3) is 17.0 Å². The monoisotopic (exact) mass is 823 g/mol. The Hall–Kier alpha value is -4.40. The van der Waals surface area contributed by atoms with Crippen LogP contribution in [-0.4, -0.2) is 92.1 Å². The SMILES string of the molecule is CN(C)/C=C/c1c([N+](=O)[O-])cccc1[N+](=O)[O-].CN(C)C(CO)CO.Cc1c([N+](=O)[O-])cccc1[N+](=O)[O-].Nc1cccc2[nH]ccc12.[Cl][Ti]([Cl])[Cl]. The second kappa shape index (κ2) is 24.7. The Morgan fingerprint density at radius 3 is 1.50 bits per heavy atom. The Morgan fingerprint density at radius 1 is 0.769 bits per heavy atom. The van der Waals surface area contributed by atoms with Gasteiger partial charge in [-0.05, 0) is 63.6 Å². The molecule has 0 spiro atoms. The number of likely N-dealkylation sites (N-methyl/N-ethyl adjacent to an activating group) is 1. The van der Waals surface area contributed by atoms with Gasteiger partial charge in [0.2, 0.25) is 0 Å². The molecule has 4 rings (SSSR count). The molecule has 4 aromatic rings. The second-order valence-corrected chi connectivity index (χ2v) is 18.2. The van der Waals surface area contributed by atoms with Crippen molar-refractivity contribution in [3.63, 3.8) is 0 Å². The molecule has 0 atom stereocenters. The van der Waals surface area contributed by atoms with Crippen LogP contribution in [0, 0.1) is 47.4 Å². The van der Waals surface area contributed by atoms with Gasteiger partial charge in [-0.15, -0.1) is 0 Å². The van der Waals surface area contributed by atoms with Crippen molar-refractivity contribution in [2.75, 3.05) is 47.1 Å². The van der Waals surface area contributed by atoms with Crippen LogP contribution in [0.5, 0.6) is 0 Å². The number of fused-ring (bicyclic) bond motifs is 1. The van der Waals surface area contributed by atoms with E-state index in [9.17, 15) is 40.5 Å². The molecule has 0 aliphatic carbocycles. The summed E-state index contributed by atoms with van der Waals surface area (Å²) in [5.41, 5.74) is 6.67. The molecular formula is C30H38Cl3N8O10Ti. The molecular weight excluding hydrogens is 787 g/mol. The first-order valence-electron chi connectivity index (χ1n) is 14.5. The van der Waals surface area contributed by atoms with Gasteiger partial charge >= 0.3 is 42.6 Å². The first-order chi connectivity index (χ1) is 24.3. The van der Waals surface area contributed by atoms with Crippen molar-refractivity contribution >= 4 is 73.3 Å². The van der Waals surface area contributed by atoms with Crippen LogP contribution in [-0.2, 0) is 14.7 Å². The number of nitrogen functional groups attached to an aromatic ring is 1. The summed E-state index contributed by atoms with van der Waals surface area (Å²) in [4.78, 5) is 46.3. The summed E-state index contributed by atoms with van der Waals surface area (Å²) in [7, 11) is 22.0. The van der Waals surface area contributed by atoms with Crippen LogP contribution in [0.4, 0.5) is 28.4 Å². The molecule has 18 nitrogen and oxygen atoms in total. The number of hydrogen-bond donors (Lipinski definition) is 4. The molecule has 0 aliphatic heterocycles. The Morgan fingerprint density at radius 2 is 1.17 bits per heavy atom. The van der Waals surface area contributed by atoms with E-state index in [2.05, 4.69) is 4.98 Å². The molecule has 3 aromatic carbocycles. The number of nitrogens with two attached hydrogens (primary N) is 1. The zero-order valence-corrected chi connectivity index (χ0v) is 32.4. The number of rotatable bonds is 9. The normalized spacial score (nSPS) is 10.1. The topological polar surface area (TPSA) is 261 Å². The number of aromatic nitrogens is 1. The molecule has 0 saturated heterocycles. The fraction of sp³-hybridized carbons (Fsp3) is 0.267. The molecule has 283 valence electrons. The molecule has 0 unspecified atom stereocenters. The van der Waals surface area contributed by atoms with E-state index in [1.807, 2.05) is 44.6 Å². The fourth-order valence-corrected chi connectivity index (χ4v) is 3.76. The predicted molar refractivity (Wildman–Crippen MR) is 199 cm³/mol. The third kappa shape index (κ3) is 17.2. The third-order valence-electron chi connectivity index (χ3n) is 6.44. The summed E-state index contributed by atoms with van der Waals surface area (Å²) >= 11 is -1.92. The van der Waals surface area contributed by atoms with Gasteiger partial charge in [-0.25, -0.2) is 0 Å². The van der Waals surface area contributed by atoms with E-state index in [4.69, 9.17) is 43.9 Å². The van der Waals surface area contributed by atoms with E-state index in [1.54, 1.807) is 23.9 Å². The van der Waals surface area contributed by atoms with Crippen molar-refractivity contribution in [1.82, 2.24) is 14.8 Å². The van der Waals surface area contributed by atoms with Gasteiger partial charge in [0.05, 0.1) is 38.9 Å². The second-order valence-electron chi connectivity index (χ2n) is 10.4. The van der Waals surface area contributed by atoms with Gasteiger partial charge in [-0.3, -0.25) is 40.5 Å². The molecule has 0 bridgehead atoms. The van der Waals surface area contributed by atoms with E-state index >= 15 is 0 Å². The van der Waals surface area contributed by atoms with Crippen molar-refractivity contribution in [1.29, 1.82) is 0 Å². The summed E-state index contributed by atoms with van der Waals surface area (Å²) < 4.78 is 0. The number of aliphatic hydroxyl groups excluding tert-OH is 2. The Bertz CT molecular complexity index is 1720. The number of nitro benzene ring substituents is 4. The van der Waals surface area contributed by atoms with Crippen molar-refractivity contribution in [3.8, 4) is 0 Å². The van der Waals surface area contributed by atoms with Crippen LogP contribution in [0.3, 0.4) is 0 Å². The van der Waals surface area contributed by atoms with Crippen molar-refractivity contribution in [3.05, 3.63) is 125 Å². The summed E-state index contributed by atoms with van der Waals surface area (Å²) in [6, 6.07) is 15.3. The van der Waals surface area contributed by atoms with Gasteiger partial charge in [-0.2, -0.15) is 0 Å². The third-order valence-corrected chi connectivity index (χ3v) is 6.44. The van der Waals surface area contributed by atoms with Crippen LogP contribution < -0.4 is 5.73 Å². The molecule has 52 heavy (non-hydrogen) atoms. The summed E-state index contributed by atoms with van der Waals surface area (Å²) in [6.45, 7) is 1.39. The average molecular weight is 825 g/mol. The van der Waals surface area contributed by atoms with Gasteiger partial charge in [0.1, 0.15) is 11.1 Å². The van der Waals surface area contributed by atoms with E-state index in [0.717, 1.165) is 16.6 Å². The molecule has 22 heteroatoms. The number of anilines is 1. The van der Waals surface area contributed by atoms with Crippen LogP contribution in [0.15, 0.2) is 73.1 Å². The van der Waals surface area contributed by atoms with Gasteiger partial charge in [0.25, 0.3) is 22.7 Å². The number of nitrogens with one attached hydrogen (secondary N) is 1. The molecule has 0 radical (unpaired) electrons. The van der Waals surface area contributed by atoms with Crippen LogP contribution in [0.1, 0.15) is 11.1 Å². The molecule has 0 saturated carbocycles. The van der Waals surface area contributed by atoms with Gasteiger partial charge in [0.15, 0.2) is 0 Å². The summed E-state index contributed by atoms with van der Waals surface area (Å²) in [5, 5.41) is 60.4. The first kappa shape index (κ1) is 47.6. The quantitative estimate of drug-likeness (QED) is 0.0604. The van der Waals surface area contributed by atoms with Crippen molar-refractivity contribution in [2.45, 2.75) is 13.0 Å². The predicted octanol–water partition coefficient (Wildman–Crippen LogP) is 6.56. The number of aliphatic hydroxyl groups is 2. The van der Waals surface area contributed by atoms with E-state index in [0.29, 0.717) is 0 Å². The van der Waals surface area contributed by atoms with Gasteiger partial charge in [-0.1, -0.05) is 6.07 Å². The Balaban J connectivity index is 0.000000664. The Kier molecular flexibility index (Phi) is 22.6. The molecule has 1 aromatic heterocycles. The van der Waals surface area contributed by atoms with Crippen LogP contribution in [0.2, 0.25) is 0 Å². The van der Waals surface area contributed by atoms with E-state index < -0.39 is 34.4 Å². The average Bonchev–Trinajstić information content (AvgIpc) is 3.55. The minimum atomic E-state index is -1.92. The fourth-order valence-electron chi connectivity index (χ4n) is 3.76. The number of H-pyrrole nitrogens is 1. The van der Waals surface area contributed by atoms with Gasteiger partial charge < -0.3 is 30.7 Å². The van der Waals surface area contributed by atoms with Crippen molar-refractivity contribution in [2.24, 2.45) is 0 Å². The number of aromatic amines is 1.